The second-order valence-corrected chi connectivity index (χ2v) is 4.14. The fourth-order valence-corrected chi connectivity index (χ4v) is 1.77. The molecule has 1 aromatic rings. The van der Waals surface area contributed by atoms with Gasteiger partial charge in [0.1, 0.15) is 6.07 Å². The van der Waals surface area contributed by atoms with Crippen LogP contribution in [0.3, 0.4) is 0 Å². The molecular formula is C10H9BrN2O4. The lowest BCUT2D eigenvalue weighted by Gasteiger charge is -2.12. The van der Waals surface area contributed by atoms with E-state index in [1.807, 2.05) is 0 Å². The van der Waals surface area contributed by atoms with Crippen LogP contribution in [-0.4, -0.2) is 16.6 Å². The van der Waals surface area contributed by atoms with Crippen LogP contribution in [-0.2, 0) is 0 Å². The van der Waals surface area contributed by atoms with Gasteiger partial charge in [-0.3, -0.25) is 10.1 Å². The van der Waals surface area contributed by atoms with E-state index in [0.29, 0.717) is 4.47 Å². The number of halogens is 1. The molecule has 1 unspecified atom stereocenters. The molecule has 0 radical (unpaired) electrons. The van der Waals surface area contributed by atoms with E-state index in [4.69, 9.17) is 10.00 Å². The minimum absolute atomic E-state index is 0.0743. The number of ether oxygens (including phenoxy) is 1. The predicted molar refractivity (Wildman–Crippen MR) is 62.5 cm³/mol. The summed E-state index contributed by atoms with van der Waals surface area (Å²) in [4.78, 5) is 10.2. The first kappa shape index (κ1) is 13.4. The molecule has 0 aliphatic carbocycles. The summed E-state index contributed by atoms with van der Waals surface area (Å²) >= 11 is 3.12. The number of rotatable bonds is 4. The van der Waals surface area contributed by atoms with Crippen LogP contribution in [0.2, 0.25) is 0 Å². The smallest absolute Gasteiger partial charge is 0.312 e. The molecular weight excluding hydrogens is 292 g/mol. The number of nitriles is 1. The van der Waals surface area contributed by atoms with Crippen molar-refractivity contribution in [3.63, 3.8) is 0 Å². The summed E-state index contributed by atoms with van der Waals surface area (Å²) in [6.45, 7) is 1.15. The van der Waals surface area contributed by atoms with Crippen molar-refractivity contribution in [3.05, 3.63) is 32.3 Å². The molecule has 1 N–H and O–H groups in total. The van der Waals surface area contributed by atoms with Crippen molar-refractivity contribution in [3.8, 4) is 11.8 Å². The quantitative estimate of drug-likeness (QED) is 0.680. The zero-order valence-corrected chi connectivity index (χ0v) is 10.5. The first-order valence-electron chi connectivity index (χ1n) is 4.63. The van der Waals surface area contributed by atoms with Gasteiger partial charge in [-0.15, -0.1) is 0 Å². The van der Waals surface area contributed by atoms with E-state index in [0.717, 1.165) is 0 Å². The van der Waals surface area contributed by atoms with Crippen molar-refractivity contribution < 1.29 is 14.8 Å². The molecule has 0 amide bonds. The Bertz CT molecular complexity index is 482. The summed E-state index contributed by atoms with van der Waals surface area (Å²) < 4.78 is 5.47. The Morgan fingerprint density at radius 1 is 1.71 bits per heavy atom. The summed E-state index contributed by atoms with van der Waals surface area (Å²) in [6.07, 6.45) is -0.931. The van der Waals surface area contributed by atoms with Crippen molar-refractivity contribution >= 4 is 21.6 Å². The Kier molecular flexibility index (Phi) is 4.43. The lowest BCUT2D eigenvalue weighted by atomic mass is 10.1. The van der Waals surface area contributed by atoms with E-state index in [-0.39, 0.29) is 23.6 Å². The summed E-state index contributed by atoms with van der Waals surface area (Å²) in [7, 11) is 0. The molecule has 0 spiro atoms. The summed E-state index contributed by atoms with van der Waals surface area (Å²) in [5.41, 5.74) is -0.0214. The Morgan fingerprint density at radius 2 is 2.35 bits per heavy atom. The van der Waals surface area contributed by atoms with Crippen LogP contribution in [0, 0.1) is 21.4 Å². The van der Waals surface area contributed by atoms with Crippen LogP contribution in [0.15, 0.2) is 16.6 Å². The number of nitro benzene ring substituents is 1. The first-order chi connectivity index (χ1) is 7.97. The fourth-order valence-electron chi connectivity index (χ4n) is 1.31. The average Bonchev–Trinajstić information content (AvgIpc) is 2.26. The van der Waals surface area contributed by atoms with Crippen molar-refractivity contribution in [1.29, 1.82) is 5.26 Å². The van der Waals surface area contributed by atoms with Crippen LogP contribution >= 0.6 is 15.9 Å². The van der Waals surface area contributed by atoms with Gasteiger partial charge in [-0.05, 0) is 13.0 Å². The van der Waals surface area contributed by atoms with Gasteiger partial charge in [0.2, 0.25) is 5.75 Å². The van der Waals surface area contributed by atoms with Gasteiger partial charge in [0.05, 0.1) is 11.0 Å². The number of nitrogens with zero attached hydrogens (tertiary/aromatic N) is 2. The van der Waals surface area contributed by atoms with E-state index in [9.17, 15) is 15.2 Å². The topological polar surface area (TPSA) is 96.4 Å². The van der Waals surface area contributed by atoms with Gasteiger partial charge in [0.25, 0.3) is 0 Å². The van der Waals surface area contributed by atoms with Crippen LogP contribution in [0.5, 0.6) is 5.75 Å². The second kappa shape index (κ2) is 5.61. The zero-order valence-electron chi connectivity index (χ0n) is 8.88. The average molecular weight is 301 g/mol. The molecule has 1 aromatic carbocycles. The predicted octanol–water partition coefficient (Wildman–Crippen LogP) is 2.31. The first-order valence-corrected chi connectivity index (χ1v) is 5.42. The van der Waals surface area contributed by atoms with Gasteiger partial charge < -0.3 is 9.84 Å². The number of hydrogen-bond acceptors (Lipinski definition) is 5. The third-order valence-electron chi connectivity index (χ3n) is 1.99. The Morgan fingerprint density at radius 3 is 2.82 bits per heavy atom. The van der Waals surface area contributed by atoms with Crippen molar-refractivity contribution in [2.75, 3.05) is 6.61 Å². The zero-order chi connectivity index (χ0) is 13.0. The van der Waals surface area contributed by atoms with Crippen molar-refractivity contribution in [2.45, 2.75) is 13.0 Å². The van der Waals surface area contributed by atoms with Gasteiger partial charge in [-0.2, -0.15) is 5.26 Å². The molecule has 0 aromatic heterocycles. The Balaban J connectivity index is 3.37. The van der Waals surface area contributed by atoms with Crippen molar-refractivity contribution in [2.24, 2.45) is 0 Å². The molecule has 0 bridgehead atoms. The summed E-state index contributed by atoms with van der Waals surface area (Å²) in [5.74, 6) is -0.0743. The van der Waals surface area contributed by atoms with Gasteiger partial charge in [0, 0.05) is 16.1 Å². The largest absolute Gasteiger partial charge is 0.471 e. The van der Waals surface area contributed by atoms with Crippen LogP contribution in [0.1, 0.15) is 18.6 Å². The Hall–Kier alpha value is -1.65. The molecule has 0 fully saturated rings. The van der Waals surface area contributed by atoms with Gasteiger partial charge >= 0.3 is 5.69 Å². The number of aliphatic hydroxyl groups excluding tert-OH is 1. The minimum atomic E-state index is -0.931. The molecule has 0 saturated carbocycles. The highest BCUT2D eigenvalue weighted by atomic mass is 79.9. The normalized spacial score (nSPS) is 11.6. The highest BCUT2D eigenvalue weighted by Gasteiger charge is 2.23. The number of benzene rings is 1. The maximum atomic E-state index is 10.9. The molecule has 0 aliphatic rings. The van der Waals surface area contributed by atoms with Crippen LogP contribution in [0.4, 0.5) is 5.69 Å². The van der Waals surface area contributed by atoms with Gasteiger partial charge in [-0.25, -0.2) is 0 Å². The van der Waals surface area contributed by atoms with E-state index in [1.54, 1.807) is 6.07 Å². The summed E-state index contributed by atoms with van der Waals surface area (Å²) in [6, 6.07) is 4.51. The molecule has 6 nitrogen and oxygen atoms in total. The lowest BCUT2D eigenvalue weighted by Crippen LogP contribution is -2.04. The number of aliphatic hydroxyl groups is 1. The molecule has 0 aliphatic heterocycles. The number of hydrogen-bond donors (Lipinski definition) is 1. The van der Waals surface area contributed by atoms with Crippen LogP contribution < -0.4 is 4.74 Å². The maximum absolute atomic E-state index is 10.9. The standard InChI is InChI=1S/C10H9BrN2O4/c1-6(14)8-4-7(11)5-9(13(15)16)10(8)17-3-2-12/h4-6,14H,3H2,1H3. The maximum Gasteiger partial charge on any atom is 0.312 e. The molecule has 1 rings (SSSR count). The third-order valence-corrected chi connectivity index (χ3v) is 2.45. The molecule has 0 heterocycles. The SMILES string of the molecule is CC(O)c1cc(Br)cc([N+](=O)[O-])c1OCC#N. The van der Waals surface area contributed by atoms with E-state index >= 15 is 0 Å². The van der Waals surface area contributed by atoms with Gasteiger partial charge in [-0.1, -0.05) is 15.9 Å². The molecule has 90 valence electrons. The summed E-state index contributed by atoms with van der Waals surface area (Å²) in [5, 5.41) is 28.8. The van der Waals surface area contributed by atoms with E-state index in [2.05, 4.69) is 15.9 Å². The van der Waals surface area contributed by atoms with E-state index in [1.165, 1.54) is 19.1 Å². The monoisotopic (exact) mass is 300 g/mol. The Labute approximate surface area is 106 Å². The van der Waals surface area contributed by atoms with Crippen LogP contribution in [0.25, 0.3) is 0 Å². The molecule has 1 atom stereocenters. The van der Waals surface area contributed by atoms with Gasteiger partial charge in [0.15, 0.2) is 6.61 Å². The van der Waals surface area contributed by atoms with Crippen molar-refractivity contribution in [1.82, 2.24) is 0 Å². The lowest BCUT2D eigenvalue weighted by molar-refractivity contribution is -0.386. The fraction of sp³-hybridized carbons (Fsp3) is 0.300. The molecule has 0 saturated heterocycles. The molecule has 7 heteroatoms. The second-order valence-electron chi connectivity index (χ2n) is 3.22. The third kappa shape index (κ3) is 3.15. The van der Waals surface area contributed by atoms with E-state index < -0.39 is 11.0 Å². The highest BCUT2D eigenvalue weighted by molar-refractivity contribution is 9.10. The number of nitro groups is 1. The molecule has 17 heavy (non-hydrogen) atoms. The minimum Gasteiger partial charge on any atom is -0.471 e. The highest BCUT2D eigenvalue weighted by Crippen LogP contribution is 2.37.